The van der Waals surface area contributed by atoms with E-state index >= 15 is 0 Å². The first-order valence-electron chi connectivity index (χ1n) is 7.33. The maximum Gasteiger partial charge on any atom is 0.0716 e. The number of aryl methyl sites for hydroxylation is 1. The Hall–Kier alpha value is -1.84. The molecule has 0 atom stereocenters. The van der Waals surface area contributed by atoms with Gasteiger partial charge in [0.15, 0.2) is 0 Å². The lowest BCUT2D eigenvalue weighted by atomic mass is 10.1. The van der Waals surface area contributed by atoms with Crippen molar-refractivity contribution in [3.05, 3.63) is 65.2 Å². The predicted molar refractivity (Wildman–Crippen MR) is 86.3 cm³/mol. The van der Waals surface area contributed by atoms with Crippen LogP contribution in [0.3, 0.4) is 0 Å². The SMILES string of the molecule is COCc1ccccc1CNc1cccc(CCCO)c1. The van der Waals surface area contributed by atoms with Gasteiger partial charge in [0.25, 0.3) is 0 Å². The third-order valence-corrected chi connectivity index (χ3v) is 3.45. The molecule has 0 unspecified atom stereocenters. The fraction of sp³-hybridized carbons (Fsp3) is 0.333. The summed E-state index contributed by atoms with van der Waals surface area (Å²) in [6, 6.07) is 16.7. The van der Waals surface area contributed by atoms with Gasteiger partial charge in [-0.15, -0.1) is 0 Å². The summed E-state index contributed by atoms with van der Waals surface area (Å²) in [4.78, 5) is 0. The van der Waals surface area contributed by atoms with E-state index in [4.69, 9.17) is 9.84 Å². The highest BCUT2D eigenvalue weighted by atomic mass is 16.5. The summed E-state index contributed by atoms with van der Waals surface area (Å²) in [6.45, 7) is 1.65. The molecular weight excluding hydrogens is 262 g/mol. The topological polar surface area (TPSA) is 41.5 Å². The summed E-state index contributed by atoms with van der Waals surface area (Å²) in [5.74, 6) is 0. The van der Waals surface area contributed by atoms with Crippen molar-refractivity contribution in [3.63, 3.8) is 0 Å². The molecule has 0 radical (unpaired) electrons. The average Bonchev–Trinajstić information content (AvgIpc) is 2.53. The zero-order valence-corrected chi connectivity index (χ0v) is 12.5. The number of hydrogen-bond acceptors (Lipinski definition) is 3. The van der Waals surface area contributed by atoms with Crippen LogP contribution in [0.1, 0.15) is 23.1 Å². The monoisotopic (exact) mass is 285 g/mol. The van der Waals surface area contributed by atoms with E-state index in [1.807, 2.05) is 12.1 Å². The van der Waals surface area contributed by atoms with Gasteiger partial charge < -0.3 is 15.2 Å². The molecule has 2 N–H and O–H groups in total. The summed E-state index contributed by atoms with van der Waals surface area (Å²) in [6.07, 6.45) is 1.71. The van der Waals surface area contributed by atoms with E-state index in [-0.39, 0.29) is 6.61 Å². The normalized spacial score (nSPS) is 10.6. The third kappa shape index (κ3) is 4.88. The molecule has 0 aliphatic heterocycles. The van der Waals surface area contributed by atoms with Crippen LogP contribution in [-0.4, -0.2) is 18.8 Å². The first-order chi connectivity index (χ1) is 10.3. The van der Waals surface area contributed by atoms with Crippen molar-refractivity contribution >= 4 is 5.69 Å². The Balaban J connectivity index is 1.99. The highest BCUT2D eigenvalue weighted by Crippen LogP contribution is 2.16. The number of ether oxygens (including phenoxy) is 1. The molecule has 0 spiro atoms. The molecule has 2 rings (SSSR count). The van der Waals surface area contributed by atoms with Gasteiger partial charge in [-0.3, -0.25) is 0 Å². The lowest BCUT2D eigenvalue weighted by Crippen LogP contribution is -2.04. The largest absolute Gasteiger partial charge is 0.396 e. The molecule has 0 amide bonds. The molecule has 3 nitrogen and oxygen atoms in total. The van der Waals surface area contributed by atoms with Crippen LogP contribution in [0.15, 0.2) is 48.5 Å². The number of nitrogens with one attached hydrogen (secondary N) is 1. The smallest absolute Gasteiger partial charge is 0.0716 e. The van der Waals surface area contributed by atoms with Crippen LogP contribution in [0, 0.1) is 0 Å². The lowest BCUT2D eigenvalue weighted by Gasteiger charge is -2.12. The summed E-state index contributed by atoms with van der Waals surface area (Å²) in [5.41, 5.74) is 4.82. The van der Waals surface area contributed by atoms with Gasteiger partial charge in [-0.1, -0.05) is 36.4 Å². The number of anilines is 1. The number of hydrogen-bond donors (Lipinski definition) is 2. The third-order valence-electron chi connectivity index (χ3n) is 3.45. The first-order valence-corrected chi connectivity index (χ1v) is 7.33. The van der Waals surface area contributed by atoms with Crippen molar-refractivity contribution in [3.8, 4) is 0 Å². The molecule has 2 aromatic carbocycles. The van der Waals surface area contributed by atoms with Crippen LogP contribution >= 0.6 is 0 Å². The van der Waals surface area contributed by atoms with Crippen molar-refractivity contribution in [2.75, 3.05) is 19.0 Å². The van der Waals surface area contributed by atoms with Crippen LogP contribution in [-0.2, 0) is 24.3 Å². The van der Waals surface area contributed by atoms with E-state index < -0.39 is 0 Å². The van der Waals surface area contributed by atoms with Crippen molar-refractivity contribution in [2.45, 2.75) is 26.0 Å². The predicted octanol–water partition coefficient (Wildman–Crippen LogP) is 3.37. The first kappa shape index (κ1) is 15.5. The van der Waals surface area contributed by atoms with Crippen molar-refractivity contribution in [1.29, 1.82) is 0 Å². The number of rotatable bonds is 8. The van der Waals surface area contributed by atoms with E-state index in [1.165, 1.54) is 16.7 Å². The second-order valence-electron chi connectivity index (χ2n) is 5.08. The Labute approximate surface area is 126 Å². The number of methoxy groups -OCH3 is 1. The minimum atomic E-state index is 0.238. The molecule has 0 fully saturated rings. The Morgan fingerprint density at radius 2 is 1.86 bits per heavy atom. The maximum atomic E-state index is 8.90. The highest BCUT2D eigenvalue weighted by Gasteiger charge is 2.02. The molecule has 3 heteroatoms. The molecule has 0 saturated carbocycles. The van der Waals surface area contributed by atoms with E-state index in [0.29, 0.717) is 6.61 Å². The Morgan fingerprint density at radius 1 is 1.05 bits per heavy atom. The minimum absolute atomic E-state index is 0.238. The molecule has 0 saturated heterocycles. The minimum Gasteiger partial charge on any atom is -0.396 e. The standard InChI is InChI=1S/C18H23NO2/c1-21-14-17-9-3-2-8-16(17)13-19-18-10-4-6-15(12-18)7-5-11-20/h2-4,6,8-10,12,19-20H,5,7,11,13-14H2,1H3. The highest BCUT2D eigenvalue weighted by molar-refractivity contribution is 5.46. The van der Waals surface area contributed by atoms with Gasteiger partial charge in [-0.2, -0.15) is 0 Å². The van der Waals surface area contributed by atoms with Gasteiger partial charge in [0.2, 0.25) is 0 Å². The Kier molecular flexibility index (Phi) is 6.25. The molecule has 0 aromatic heterocycles. The quantitative estimate of drug-likeness (QED) is 0.781. The molecule has 0 aliphatic rings. The van der Waals surface area contributed by atoms with Gasteiger partial charge in [0.1, 0.15) is 0 Å². The van der Waals surface area contributed by atoms with Gasteiger partial charge in [-0.25, -0.2) is 0 Å². The van der Waals surface area contributed by atoms with E-state index in [2.05, 4.69) is 41.7 Å². The molecule has 21 heavy (non-hydrogen) atoms. The van der Waals surface area contributed by atoms with Crippen molar-refractivity contribution in [2.24, 2.45) is 0 Å². The van der Waals surface area contributed by atoms with Gasteiger partial charge in [0, 0.05) is 25.9 Å². The Bertz CT molecular complexity index is 554. The summed E-state index contributed by atoms with van der Waals surface area (Å²) < 4.78 is 5.23. The second-order valence-corrected chi connectivity index (χ2v) is 5.08. The fourth-order valence-corrected chi connectivity index (χ4v) is 2.34. The zero-order chi connectivity index (χ0) is 14.9. The van der Waals surface area contributed by atoms with E-state index in [9.17, 15) is 0 Å². The van der Waals surface area contributed by atoms with Crippen LogP contribution in [0.4, 0.5) is 5.69 Å². The molecule has 0 aliphatic carbocycles. The molecule has 2 aromatic rings. The average molecular weight is 285 g/mol. The molecule has 0 heterocycles. The van der Waals surface area contributed by atoms with Gasteiger partial charge in [0.05, 0.1) is 6.61 Å². The van der Waals surface area contributed by atoms with E-state index in [0.717, 1.165) is 25.1 Å². The lowest BCUT2D eigenvalue weighted by molar-refractivity contribution is 0.184. The summed E-state index contributed by atoms with van der Waals surface area (Å²) in [5, 5.41) is 12.4. The number of aliphatic hydroxyl groups excluding tert-OH is 1. The molecule has 0 bridgehead atoms. The fourth-order valence-electron chi connectivity index (χ4n) is 2.34. The van der Waals surface area contributed by atoms with Crippen LogP contribution in [0.25, 0.3) is 0 Å². The zero-order valence-electron chi connectivity index (χ0n) is 12.5. The van der Waals surface area contributed by atoms with E-state index in [1.54, 1.807) is 7.11 Å². The van der Waals surface area contributed by atoms with Crippen molar-refractivity contribution in [1.82, 2.24) is 0 Å². The van der Waals surface area contributed by atoms with Crippen LogP contribution in [0.2, 0.25) is 0 Å². The number of aliphatic hydroxyl groups is 1. The van der Waals surface area contributed by atoms with Gasteiger partial charge >= 0.3 is 0 Å². The number of benzene rings is 2. The summed E-state index contributed by atoms with van der Waals surface area (Å²) in [7, 11) is 1.72. The summed E-state index contributed by atoms with van der Waals surface area (Å²) >= 11 is 0. The van der Waals surface area contributed by atoms with Crippen molar-refractivity contribution < 1.29 is 9.84 Å². The van der Waals surface area contributed by atoms with Gasteiger partial charge in [-0.05, 0) is 41.7 Å². The molecular formula is C18H23NO2. The second kappa shape index (κ2) is 8.45. The maximum absolute atomic E-state index is 8.90. The van der Waals surface area contributed by atoms with Crippen LogP contribution < -0.4 is 5.32 Å². The van der Waals surface area contributed by atoms with Crippen LogP contribution in [0.5, 0.6) is 0 Å². The molecule has 112 valence electrons. The Morgan fingerprint density at radius 3 is 2.62 bits per heavy atom.